The third kappa shape index (κ3) is 7.38. The maximum absolute atomic E-state index is 12.8. The van der Waals surface area contributed by atoms with Crippen molar-refractivity contribution in [1.29, 1.82) is 0 Å². The number of rotatable bonds is 6. The van der Waals surface area contributed by atoms with E-state index in [4.69, 9.17) is 28.4 Å². The van der Waals surface area contributed by atoms with Crippen LogP contribution in [0.4, 0.5) is 0 Å². The number of methoxy groups -OCH3 is 2. The summed E-state index contributed by atoms with van der Waals surface area (Å²) in [5.41, 5.74) is -1.82. The number of epoxide rings is 1. The van der Waals surface area contributed by atoms with E-state index in [2.05, 4.69) is 0 Å². The lowest BCUT2D eigenvalue weighted by Crippen LogP contribution is -2.60. The summed E-state index contributed by atoms with van der Waals surface area (Å²) in [6.07, 6.45) is -0.850. The summed E-state index contributed by atoms with van der Waals surface area (Å²) in [7, 11) is 2.88. The van der Waals surface area contributed by atoms with Crippen molar-refractivity contribution in [1.82, 2.24) is 0 Å². The first-order valence-electron chi connectivity index (χ1n) is 14.0. The molecule has 0 aliphatic carbocycles. The Labute approximate surface area is 236 Å². The van der Waals surface area contributed by atoms with Crippen molar-refractivity contribution < 1.29 is 53.3 Å². The molecule has 3 aliphatic heterocycles. The first kappa shape index (κ1) is 32.8. The van der Waals surface area contributed by atoms with Gasteiger partial charge in [-0.05, 0) is 37.8 Å². The number of aliphatic hydroxyl groups excluding tert-OH is 2. The lowest BCUT2D eigenvalue weighted by Gasteiger charge is -2.43. The van der Waals surface area contributed by atoms with E-state index in [1.807, 2.05) is 6.92 Å². The van der Waals surface area contributed by atoms with Gasteiger partial charge in [0.2, 0.25) is 0 Å². The second-order valence-corrected chi connectivity index (χ2v) is 11.3. The molecular weight excluding hydrogens is 524 g/mol. The van der Waals surface area contributed by atoms with Crippen molar-refractivity contribution >= 4 is 11.8 Å². The predicted molar refractivity (Wildman–Crippen MR) is 143 cm³/mol. The first-order chi connectivity index (χ1) is 18.9. The Hall–Kier alpha value is -1.70. The van der Waals surface area contributed by atoms with Crippen molar-refractivity contribution in [3.63, 3.8) is 0 Å². The zero-order valence-corrected chi connectivity index (χ0v) is 24.5. The number of ketones is 1. The van der Waals surface area contributed by atoms with Gasteiger partial charge in [-0.1, -0.05) is 33.8 Å². The molecule has 3 rings (SSSR count). The van der Waals surface area contributed by atoms with Crippen molar-refractivity contribution in [3.8, 4) is 0 Å². The molecule has 13 atom stereocenters. The molecule has 11 nitrogen and oxygen atoms in total. The third-order valence-corrected chi connectivity index (χ3v) is 8.31. The van der Waals surface area contributed by atoms with Gasteiger partial charge in [-0.2, -0.15) is 0 Å². The quantitative estimate of drug-likeness (QED) is 0.313. The minimum Gasteiger partial charge on any atom is -0.456 e. The highest BCUT2D eigenvalue weighted by atomic mass is 16.7. The molecule has 228 valence electrons. The van der Waals surface area contributed by atoms with E-state index in [-0.39, 0.29) is 36.6 Å². The van der Waals surface area contributed by atoms with Crippen LogP contribution in [0.1, 0.15) is 47.5 Å². The average Bonchev–Trinajstić information content (AvgIpc) is 3.72. The number of esters is 1. The van der Waals surface area contributed by atoms with Crippen molar-refractivity contribution in [2.45, 2.75) is 108 Å². The van der Waals surface area contributed by atoms with Gasteiger partial charge in [-0.3, -0.25) is 4.79 Å². The Kier molecular flexibility index (Phi) is 11.5. The molecule has 40 heavy (non-hydrogen) atoms. The van der Waals surface area contributed by atoms with Gasteiger partial charge in [0.05, 0.1) is 18.8 Å². The second kappa shape index (κ2) is 14.0. The molecule has 3 aliphatic rings. The van der Waals surface area contributed by atoms with Gasteiger partial charge in [0.15, 0.2) is 17.7 Å². The minimum absolute atomic E-state index is 0.112. The molecule has 0 saturated carbocycles. The summed E-state index contributed by atoms with van der Waals surface area (Å²) in [5, 5.41) is 33.1. The number of aliphatic hydroxyl groups is 3. The lowest BCUT2D eigenvalue weighted by molar-refractivity contribution is -0.313. The molecule has 3 heterocycles. The predicted octanol–water partition coefficient (Wildman–Crippen LogP) is 1.31. The maximum atomic E-state index is 12.8. The van der Waals surface area contributed by atoms with E-state index in [1.165, 1.54) is 26.4 Å². The normalized spacial score (nSPS) is 46.8. The molecule has 0 radical (unpaired) electrons. The number of carbonyl (C=O) groups excluding carboxylic acids is 2. The molecule has 0 bridgehead atoms. The summed E-state index contributed by atoms with van der Waals surface area (Å²) < 4.78 is 34.3. The van der Waals surface area contributed by atoms with Crippen LogP contribution in [-0.4, -0.2) is 109 Å². The SMILES string of the molecule is CC[C@H]1OC(=O)/C=C/[C@H](C)[C@@H](O)[C@@H](C)C[C@@H](C)C(=O)/C=C/[C@H]2O[C@@H]2[C@]1(O)COC1OC(C)C(O)C(OC)C1OC. The molecular formula is C29H46O11. The average molecular weight is 571 g/mol. The molecule has 2 saturated heterocycles. The van der Waals surface area contributed by atoms with Crippen LogP contribution in [-0.2, 0) is 38.0 Å². The smallest absolute Gasteiger partial charge is 0.330 e. The summed E-state index contributed by atoms with van der Waals surface area (Å²) in [6, 6.07) is 0. The van der Waals surface area contributed by atoms with E-state index >= 15 is 0 Å². The van der Waals surface area contributed by atoms with Gasteiger partial charge in [0.1, 0.15) is 36.6 Å². The largest absolute Gasteiger partial charge is 0.456 e. The first-order valence-corrected chi connectivity index (χ1v) is 14.0. The second-order valence-electron chi connectivity index (χ2n) is 11.3. The highest BCUT2D eigenvalue weighted by Gasteiger charge is 2.59. The number of cyclic esters (lactones) is 1. The van der Waals surface area contributed by atoms with Crippen molar-refractivity contribution in [3.05, 3.63) is 24.3 Å². The number of hydrogen-bond acceptors (Lipinski definition) is 11. The summed E-state index contributed by atoms with van der Waals surface area (Å²) >= 11 is 0. The lowest BCUT2D eigenvalue weighted by atomic mass is 9.85. The molecule has 11 heteroatoms. The van der Waals surface area contributed by atoms with E-state index in [0.717, 1.165) is 0 Å². The topological polar surface area (TPSA) is 154 Å². The standard InChI is InChI=1S/C29H46O11/c1-8-21-29(34,14-37-28-26(36-7)25(35-6)24(33)18(5)38-28)27-20(39-27)11-10-19(30)16(3)13-17(4)23(32)15(2)9-12-22(31)40-21/h9-12,15-18,20-21,23-28,32-34H,8,13-14H2,1-7H3/b11-10+,12-9+/t15-,16+,17-,18?,20+,21+,23+,24?,25?,26?,27-,28?,29-/m0/s1. The number of allylic oxidation sites excluding steroid dienone is 1. The Morgan fingerprint density at radius 1 is 0.975 bits per heavy atom. The van der Waals surface area contributed by atoms with E-state index in [1.54, 1.807) is 39.8 Å². The Morgan fingerprint density at radius 3 is 2.27 bits per heavy atom. The van der Waals surface area contributed by atoms with Gasteiger partial charge in [0, 0.05) is 32.1 Å². The van der Waals surface area contributed by atoms with Crippen LogP contribution >= 0.6 is 0 Å². The molecule has 5 unspecified atom stereocenters. The Balaban J connectivity index is 1.88. The summed E-state index contributed by atoms with van der Waals surface area (Å²) in [6.45, 7) is 8.53. The molecule has 0 aromatic carbocycles. The van der Waals surface area contributed by atoms with Crippen LogP contribution in [0, 0.1) is 17.8 Å². The van der Waals surface area contributed by atoms with Gasteiger partial charge in [-0.15, -0.1) is 0 Å². The number of hydrogen-bond donors (Lipinski definition) is 3. The van der Waals surface area contributed by atoms with Gasteiger partial charge < -0.3 is 43.7 Å². The van der Waals surface area contributed by atoms with Crippen LogP contribution in [0.5, 0.6) is 0 Å². The zero-order valence-electron chi connectivity index (χ0n) is 24.5. The molecule has 0 amide bonds. The molecule has 2 fully saturated rings. The highest BCUT2D eigenvalue weighted by Crippen LogP contribution is 2.39. The van der Waals surface area contributed by atoms with Crippen LogP contribution in [0.2, 0.25) is 0 Å². The monoisotopic (exact) mass is 570 g/mol. The Morgan fingerprint density at radius 2 is 1.65 bits per heavy atom. The van der Waals surface area contributed by atoms with Crippen LogP contribution < -0.4 is 0 Å². The molecule has 0 aromatic rings. The maximum Gasteiger partial charge on any atom is 0.330 e. The van der Waals surface area contributed by atoms with Gasteiger partial charge in [-0.25, -0.2) is 4.79 Å². The Bertz CT molecular complexity index is 922. The van der Waals surface area contributed by atoms with Crippen molar-refractivity contribution in [2.75, 3.05) is 20.8 Å². The van der Waals surface area contributed by atoms with Crippen LogP contribution in [0.25, 0.3) is 0 Å². The number of fused-ring (bicyclic) bond motifs is 1. The summed E-state index contributed by atoms with van der Waals surface area (Å²) in [5.74, 6) is -1.67. The minimum atomic E-state index is -1.82. The van der Waals surface area contributed by atoms with Gasteiger partial charge in [0.25, 0.3) is 0 Å². The van der Waals surface area contributed by atoms with E-state index in [9.17, 15) is 24.9 Å². The fourth-order valence-electron chi connectivity index (χ4n) is 5.63. The number of carbonyl (C=O) groups is 2. The number of ether oxygens (including phenoxy) is 6. The summed E-state index contributed by atoms with van der Waals surface area (Å²) in [4.78, 5) is 25.6. The third-order valence-electron chi connectivity index (χ3n) is 8.31. The molecule has 0 aromatic heterocycles. The van der Waals surface area contributed by atoms with E-state index in [0.29, 0.717) is 6.42 Å². The zero-order chi connectivity index (χ0) is 29.8. The highest BCUT2D eigenvalue weighted by molar-refractivity contribution is 5.91. The molecule has 0 spiro atoms. The van der Waals surface area contributed by atoms with Crippen LogP contribution in [0.3, 0.4) is 0 Å². The molecule has 3 N–H and O–H groups in total. The fraction of sp³-hybridized carbons (Fsp3) is 0.793. The van der Waals surface area contributed by atoms with Gasteiger partial charge >= 0.3 is 5.97 Å². The van der Waals surface area contributed by atoms with E-state index < -0.39 is 66.7 Å². The fourth-order valence-corrected chi connectivity index (χ4v) is 5.63. The van der Waals surface area contributed by atoms with Crippen molar-refractivity contribution in [2.24, 2.45) is 17.8 Å². The van der Waals surface area contributed by atoms with Crippen LogP contribution in [0.15, 0.2) is 24.3 Å².